The molecule has 1 heterocycles. The smallest absolute Gasteiger partial charge is 0.151 e. The Bertz CT molecular complexity index is 923. The van der Waals surface area contributed by atoms with Gasteiger partial charge < -0.3 is 4.57 Å². The van der Waals surface area contributed by atoms with E-state index < -0.39 is 0 Å². The molecule has 0 saturated carbocycles. The fraction of sp³-hybridized carbons (Fsp3) is 0.158. The van der Waals surface area contributed by atoms with Gasteiger partial charge in [0, 0.05) is 7.05 Å². The van der Waals surface area contributed by atoms with Crippen LogP contribution in [0.4, 0.5) is 0 Å². The van der Waals surface area contributed by atoms with Crippen LogP contribution in [0, 0.1) is 25.2 Å². The van der Waals surface area contributed by atoms with Crippen LogP contribution in [-0.2, 0) is 7.05 Å². The number of rotatable bonds is 2. The van der Waals surface area contributed by atoms with Gasteiger partial charge in [-0.05, 0) is 43.2 Å². The highest BCUT2D eigenvalue weighted by atomic mass is 15.1. The summed E-state index contributed by atoms with van der Waals surface area (Å²) < 4.78 is 1.97. The summed E-state index contributed by atoms with van der Waals surface area (Å²) in [5.41, 5.74) is 5.93. The average molecular weight is 287 g/mol. The molecular weight excluding hydrogens is 270 g/mol. The van der Waals surface area contributed by atoms with Gasteiger partial charge in [-0.15, -0.1) is 0 Å². The molecule has 0 unspecified atom stereocenters. The third-order valence-electron chi connectivity index (χ3n) is 3.87. The van der Waals surface area contributed by atoms with Gasteiger partial charge in [-0.25, -0.2) is 4.98 Å². The SMILES string of the molecule is Cc1ccc(C=C(C#N)c2nc3ccccc3n2C)c(C)c1. The number of para-hydroxylation sites is 2. The van der Waals surface area contributed by atoms with Crippen LogP contribution >= 0.6 is 0 Å². The highest BCUT2D eigenvalue weighted by Gasteiger charge is 2.12. The van der Waals surface area contributed by atoms with Crippen LogP contribution < -0.4 is 0 Å². The van der Waals surface area contributed by atoms with Gasteiger partial charge in [-0.3, -0.25) is 0 Å². The van der Waals surface area contributed by atoms with E-state index in [0.717, 1.165) is 22.2 Å². The molecule has 0 N–H and O–H groups in total. The molecule has 0 spiro atoms. The first-order valence-corrected chi connectivity index (χ1v) is 7.21. The normalized spacial score (nSPS) is 11.6. The first-order chi connectivity index (χ1) is 10.6. The maximum absolute atomic E-state index is 9.56. The summed E-state index contributed by atoms with van der Waals surface area (Å²) in [5.74, 6) is 0.698. The van der Waals surface area contributed by atoms with E-state index in [1.165, 1.54) is 5.56 Å². The largest absolute Gasteiger partial charge is 0.327 e. The van der Waals surface area contributed by atoms with E-state index in [-0.39, 0.29) is 0 Å². The molecule has 0 amide bonds. The van der Waals surface area contributed by atoms with Crippen LogP contribution in [0.5, 0.6) is 0 Å². The third-order valence-corrected chi connectivity index (χ3v) is 3.87. The second-order valence-corrected chi connectivity index (χ2v) is 5.51. The minimum Gasteiger partial charge on any atom is -0.327 e. The standard InChI is InChI=1S/C19H17N3/c1-13-8-9-15(14(2)10-13)11-16(12-20)19-21-17-6-4-5-7-18(17)22(19)3/h4-11H,1-3H3. The lowest BCUT2D eigenvalue weighted by Gasteiger charge is -2.04. The Morgan fingerprint density at radius 3 is 2.64 bits per heavy atom. The number of fused-ring (bicyclic) bond motifs is 1. The molecule has 3 aromatic rings. The first kappa shape index (κ1) is 14.1. The summed E-state index contributed by atoms with van der Waals surface area (Å²) in [6.07, 6.45) is 1.91. The van der Waals surface area contributed by atoms with Gasteiger partial charge in [-0.1, -0.05) is 35.9 Å². The zero-order chi connectivity index (χ0) is 15.7. The quantitative estimate of drug-likeness (QED) is 0.661. The number of aryl methyl sites for hydroxylation is 3. The summed E-state index contributed by atoms with van der Waals surface area (Å²) in [6, 6.07) is 16.4. The van der Waals surface area contributed by atoms with Crippen molar-refractivity contribution in [3.63, 3.8) is 0 Å². The second-order valence-electron chi connectivity index (χ2n) is 5.51. The van der Waals surface area contributed by atoms with E-state index in [4.69, 9.17) is 0 Å². The fourth-order valence-electron chi connectivity index (χ4n) is 2.68. The zero-order valence-corrected chi connectivity index (χ0v) is 13.0. The Balaban J connectivity index is 2.16. The number of hydrogen-bond acceptors (Lipinski definition) is 2. The summed E-state index contributed by atoms with van der Waals surface area (Å²) in [5, 5.41) is 9.56. The van der Waals surface area contributed by atoms with E-state index in [2.05, 4.69) is 37.0 Å². The van der Waals surface area contributed by atoms with Crippen molar-refractivity contribution in [1.82, 2.24) is 9.55 Å². The number of aromatic nitrogens is 2. The molecule has 22 heavy (non-hydrogen) atoms. The van der Waals surface area contributed by atoms with Crippen molar-refractivity contribution in [2.45, 2.75) is 13.8 Å². The molecule has 3 nitrogen and oxygen atoms in total. The number of nitriles is 1. The highest BCUT2D eigenvalue weighted by Crippen LogP contribution is 2.23. The van der Waals surface area contributed by atoms with Crippen molar-refractivity contribution >= 4 is 22.7 Å². The monoisotopic (exact) mass is 287 g/mol. The lowest BCUT2D eigenvalue weighted by atomic mass is 10.0. The van der Waals surface area contributed by atoms with Crippen molar-refractivity contribution in [2.75, 3.05) is 0 Å². The number of allylic oxidation sites excluding steroid dienone is 1. The van der Waals surface area contributed by atoms with Crippen LogP contribution in [-0.4, -0.2) is 9.55 Å². The molecule has 0 aliphatic rings. The van der Waals surface area contributed by atoms with Crippen molar-refractivity contribution < 1.29 is 0 Å². The van der Waals surface area contributed by atoms with Gasteiger partial charge >= 0.3 is 0 Å². The van der Waals surface area contributed by atoms with Crippen LogP contribution in [0.1, 0.15) is 22.5 Å². The van der Waals surface area contributed by atoms with Crippen molar-refractivity contribution in [1.29, 1.82) is 5.26 Å². The molecule has 0 aliphatic heterocycles. The predicted molar refractivity (Wildman–Crippen MR) is 90.1 cm³/mol. The topological polar surface area (TPSA) is 41.6 Å². The van der Waals surface area contributed by atoms with E-state index in [1.54, 1.807) is 0 Å². The Hall–Kier alpha value is -2.86. The summed E-state index contributed by atoms with van der Waals surface area (Å²) in [7, 11) is 1.94. The van der Waals surface area contributed by atoms with Crippen LogP contribution in [0.25, 0.3) is 22.7 Å². The molecule has 1 aromatic heterocycles. The van der Waals surface area contributed by atoms with E-state index in [9.17, 15) is 5.26 Å². The Morgan fingerprint density at radius 1 is 1.18 bits per heavy atom. The molecule has 2 aromatic carbocycles. The lowest BCUT2D eigenvalue weighted by Crippen LogP contribution is -1.96. The molecule has 0 fully saturated rings. The number of nitrogens with zero attached hydrogens (tertiary/aromatic N) is 3. The van der Waals surface area contributed by atoms with Crippen LogP contribution in [0.15, 0.2) is 42.5 Å². The molecule has 0 bridgehead atoms. The highest BCUT2D eigenvalue weighted by molar-refractivity contribution is 5.91. The third kappa shape index (κ3) is 2.40. The van der Waals surface area contributed by atoms with E-state index in [0.29, 0.717) is 11.4 Å². The summed E-state index contributed by atoms with van der Waals surface area (Å²) in [4.78, 5) is 4.60. The molecule has 108 valence electrons. The van der Waals surface area contributed by atoms with Gasteiger partial charge in [0.15, 0.2) is 5.82 Å². The Labute approximate surface area is 130 Å². The second kappa shape index (κ2) is 5.50. The lowest BCUT2D eigenvalue weighted by molar-refractivity contribution is 0.925. The summed E-state index contributed by atoms with van der Waals surface area (Å²) in [6.45, 7) is 4.12. The zero-order valence-electron chi connectivity index (χ0n) is 13.0. The maximum atomic E-state index is 9.56. The predicted octanol–water partition coefficient (Wildman–Crippen LogP) is 4.25. The molecule has 3 heteroatoms. The first-order valence-electron chi connectivity index (χ1n) is 7.21. The van der Waals surface area contributed by atoms with Gasteiger partial charge in [0.2, 0.25) is 0 Å². The molecule has 0 atom stereocenters. The Morgan fingerprint density at radius 2 is 1.95 bits per heavy atom. The van der Waals surface area contributed by atoms with E-state index in [1.807, 2.05) is 48.0 Å². The molecule has 3 rings (SSSR count). The van der Waals surface area contributed by atoms with Gasteiger partial charge in [0.25, 0.3) is 0 Å². The van der Waals surface area contributed by atoms with Crippen molar-refractivity contribution in [3.05, 3.63) is 65.0 Å². The molecule has 0 radical (unpaired) electrons. The fourth-order valence-corrected chi connectivity index (χ4v) is 2.68. The molecular formula is C19H17N3. The van der Waals surface area contributed by atoms with Gasteiger partial charge in [-0.2, -0.15) is 5.26 Å². The van der Waals surface area contributed by atoms with Crippen molar-refractivity contribution in [3.8, 4) is 6.07 Å². The van der Waals surface area contributed by atoms with Crippen molar-refractivity contribution in [2.24, 2.45) is 7.05 Å². The van der Waals surface area contributed by atoms with Gasteiger partial charge in [0.1, 0.15) is 6.07 Å². The maximum Gasteiger partial charge on any atom is 0.151 e. The minimum atomic E-state index is 0.575. The number of imidazole rings is 1. The number of hydrogen-bond donors (Lipinski definition) is 0. The summed E-state index contributed by atoms with van der Waals surface area (Å²) >= 11 is 0. The van der Waals surface area contributed by atoms with Crippen LogP contribution in [0.3, 0.4) is 0 Å². The molecule has 0 aliphatic carbocycles. The van der Waals surface area contributed by atoms with Gasteiger partial charge in [0.05, 0.1) is 16.6 Å². The van der Waals surface area contributed by atoms with E-state index >= 15 is 0 Å². The Kier molecular flexibility index (Phi) is 3.52. The molecule has 0 saturated heterocycles. The number of benzene rings is 2. The average Bonchev–Trinajstić information content (AvgIpc) is 2.84. The minimum absolute atomic E-state index is 0.575. The van der Waals surface area contributed by atoms with Crippen LogP contribution in [0.2, 0.25) is 0 Å².